The first-order valence-electron chi connectivity index (χ1n) is 6.15. The lowest BCUT2D eigenvalue weighted by Gasteiger charge is -2.38. The second kappa shape index (κ2) is 5.49. The van der Waals surface area contributed by atoms with E-state index in [1.807, 2.05) is 6.92 Å². The number of thiophene rings is 1. The molecule has 0 spiro atoms. The zero-order chi connectivity index (χ0) is 14.1. The largest absolute Gasteiger partial charge is 0.392 e. The van der Waals surface area contributed by atoms with Gasteiger partial charge in [-0.2, -0.15) is 4.31 Å². The molecule has 0 saturated carbocycles. The van der Waals surface area contributed by atoms with Crippen LogP contribution in [0.2, 0.25) is 0 Å². The van der Waals surface area contributed by atoms with Crippen LogP contribution in [-0.4, -0.2) is 43.6 Å². The van der Waals surface area contributed by atoms with Gasteiger partial charge in [0.25, 0.3) is 10.0 Å². The van der Waals surface area contributed by atoms with Gasteiger partial charge in [-0.1, -0.05) is 0 Å². The molecule has 1 aliphatic heterocycles. The summed E-state index contributed by atoms with van der Waals surface area (Å²) in [7, 11) is -1.86. The number of ether oxygens (including phenoxy) is 1. The van der Waals surface area contributed by atoms with E-state index < -0.39 is 15.6 Å². The van der Waals surface area contributed by atoms with E-state index in [0.29, 0.717) is 18.7 Å². The van der Waals surface area contributed by atoms with Gasteiger partial charge in [0.05, 0.1) is 12.2 Å². The second-order valence-electron chi connectivity index (χ2n) is 5.03. The number of nitrogens with zero attached hydrogens (tertiary/aromatic N) is 1. The first-order chi connectivity index (χ1) is 8.91. The quantitative estimate of drug-likeness (QED) is 0.914. The second-order valence-corrected chi connectivity index (χ2v) is 8.10. The van der Waals surface area contributed by atoms with Crippen molar-refractivity contribution in [3.63, 3.8) is 0 Å². The monoisotopic (exact) mass is 305 g/mol. The zero-order valence-electron chi connectivity index (χ0n) is 11.1. The van der Waals surface area contributed by atoms with E-state index in [1.165, 1.54) is 4.31 Å². The fraction of sp³-hybridized carbons (Fsp3) is 0.667. The summed E-state index contributed by atoms with van der Waals surface area (Å²) in [5.74, 6) is 0. The maximum atomic E-state index is 12.5. The molecule has 0 radical (unpaired) electrons. The Morgan fingerprint density at radius 1 is 1.58 bits per heavy atom. The highest BCUT2D eigenvalue weighted by molar-refractivity contribution is 7.91. The summed E-state index contributed by atoms with van der Waals surface area (Å²) >= 11 is 1.15. The molecular weight excluding hydrogens is 286 g/mol. The highest BCUT2D eigenvalue weighted by Crippen LogP contribution is 2.30. The van der Waals surface area contributed by atoms with Crippen LogP contribution in [0.4, 0.5) is 0 Å². The van der Waals surface area contributed by atoms with Crippen molar-refractivity contribution < 1.29 is 18.3 Å². The Morgan fingerprint density at radius 3 is 2.89 bits per heavy atom. The molecule has 19 heavy (non-hydrogen) atoms. The molecule has 108 valence electrons. The summed E-state index contributed by atoms with van der Waals surface area (Å²) in [6, 6.07) is 1.54. The Morgan fingerprint density at radius 2 is 2.32 bits per heavy atom. The Bertz CT molecular complexity index is 540. The molecule has 7 heteroatoms. The molecule has 0 bridgehead atoms. The summed E-state index contributed by atoms with van der Waals surface area (Å²) < 4.78 is 32.2. The molecule has 1 fully saturated rings. The van der Waals surface area contributed by atoms with Gasteiger partial charge in [0, 0.05) is 20.2 Å². The summed E-state index contributed by atoms with van der Waals surface area (Å²) in [6.45, 7) is 2.69. The Labute approximate surface area is 117 Å². The number of rotatable bonds is 4. The topological polar surface area (TPSA) is 66.8 Å². The maximum absolute atomic E-state index is 12.5. The number of sulfonamides is 1. The molecule has 1 unspecified atom stereocenters. The van der Waals surface area contributed by atoms with Crippen molar-refractivity contribution >= 4 is 21.4 Å². The molecule has 1 N–H and O–H groups in total. The average Bonchev–Trinajstić information content (AvgIpc) is 2.88. The minimum Gasteiger partial charge on any atom is -0.392 e. The number of aliphatic hydroxyl groups excluding tert-OH is 1. The van der Waals surface area contributed by atoms with E-state index in [1.54, 1.807) is 18.6 Å². The van der Waals surface area contributed by atoms with Gasteiger partial charge in [-0.15, -0.1) is 11.3 Å². The molecule has 1 saturated heterocycles. The number of methoxy groups -OCH3 is 1. The van der Waals surface area contributed by atoms with Gasteiger partial charge >= 0.3 is 0 Å². The molecule has 1 aromatic rings. The van der Waals surface area contributed by atoms with Gasteiger partial charge in [0.2, 0.25) is 0 Å². The van der Waals surface area contributed by atoms with E-state index >= 15 is 0 Å². The fourth-order valence-electron chi connectivity index (χ4n) is 2.23. The van der Waals surface area contributed by atoms with Gasteiger partial charge in [0.15, 0.2) is 0 Å². The molecule has 2 rings (SSSR count). The lowest BCUT2D eigenvalue weighted by molar-refractivity contribution is -0.0319. The zero-order valence-corrected chi connectivity index (χ0v) is 12.8. The van der Waals surface area contributed by atoms with E-state index in [4.69, 9.17) is 9.84 Å². The molecule has 0 aromatic carbocycles. The lowest BCUT2D eigenvalue weighted by atomic mass is 9.96. The van der Waals surface area contributed by atoms with Crippen LogP contribution in [0.15, 0.2) is 15.7 Å². The Kier molecular flexibility index (Phi) is 4.32. The fourth-order valence-corrected chi connectivity index (χ4v) is 5.17. The highest BCUT2D eigenvalue weighted by atomic mass is 32.2. The minimum atomic E-state index is -3.47. The van der Waals surface area contributed by atoms with Gasteiger partial charge in [-0.3, -0.25) is 0 Å². The average molecular weight is 305 g/mol. The third-order valence-corrected chi connectivity index (χ3v) is 6.83. The normalized spacial score (nSPS) is 25.6. The van der Waals surface area contributed by atoms with Gasteiger partial charge in [-0.05, 0) is 36.8 Å². The molecule has 1 aliphatic rings. The first kappa shape index (κ1) is 14.9. The van der Waals surface area contributed by atoms with E-state index in [9.17, 15) is 8.42 Å². The third-order valence-electron chi connectivity index (χ3n) is 3.52. The standard InChI is InChI=1S/C12H19NO4S2/c1-12(17-2)4-3-5-13(9-12)19(15,16)11-6-10(7-14)8-18-11/h6,8,14H,3-5,7,9H2,1-2H3. The number of piperidine rings is 1. The van der Waals surface area contributed by atoms with Crippen molar-refractivity contribution in [3.8, 4) is 0 Å². The van der Waals surface area contributed by atoms with Crippen LogP contribution in [0, 0.1) is 0 Å². The third kappa shape index (κ3) is 3.00. The van der Waals surface area contributed by atoms with Crippen molar-refractivity contribution in [2.24, 2.45) is 0 Å². The van der Waals surface area contributed by atoms with Crippen LogP contribution >= 0.6 is 11.3 Å². The summed E-state index contributed by atoms with van der Waals surface area (Å²) in [6.07, 6.45) is 1.66. The predicted octanol–water partition coefficient (Wildman–Crippen LogP) is 1.43. The van der Waals surface area contributed by atoms with Crippen LogP contribution in [0.5, 0.6) is 0 Å². The summed E-state index contributed by atoms with van der Waals surface area (Å²) in [5.41, 5.74) is 0.220. The molecule has 0 amide bonds. The summed E-state index contributed by atoms with van der Waals surface area (Å²) in [4.78, 5) is 0. The number of aliphatic hydroxyl groups is 1. The first-order valence-corrected chi connectivity index (χ1v) is 8.47. The summed E-state index contributed by atoms with van der Waals surface area (Å²) in [5, 5.41) is 10.7. The van der Waals surface area contributed by atoms with E-state index in [0.717, 1.165) is 24.2 Å². The SMILES string of the molecule is COC1(C)CCCN(S(=O)(=O)c2cc(CO)cs2)C1. The Balaban J connectivity index is 2.24. The molecule has 1 atom stereocenters. The number of hydrogen-bond acceptors (Lipinski definition) is 5. The minimum absolute atomic E-state index is 0.137. The van der Waals surface area contributed by atoms with Crippen LogP contribution in [0.1, 0.15) is 25.3 Å². The van der Waals surface area contributed by atoms with Gasteiger partial charge in [0.1, 0.15) is 4.21 Å². The maximum Gasteiger partial charge on any atom is 0.252 e. The van der Waals surface area contributed by atoms with Crippen molar-refractivity contribution in [1.29, 1.82) is 0 Å². The molecule has 2 heterocycles. The lowest BCUT2D eigenvalue weighted by Crippen LogP contribution is -2.49. The smallest absolute Gasteiger partial charge is 0.252 e. The molecular formula is C12H19NO4S2. The van der Waals surface area contributed by atoms with Crippen molar-refractivity contribution in [2.45, 2.75) is 36.2 Å². The van der Waals surface area contributed by atoms with Crippen molar-refractivity contribution in [2.75, 3.05) is 20.2 Å². The van der Waals surface area contributed by atoms with Crippen LogP contribution in [-0.2, 0) is 21.4 Å². The van der Waals surface area contributed by atoms with Crippen molar-refractivity contribution in [3.05, 3.63) is 17.0 Å². The van der Waals surface area contributed by atoms with Gasteiger partial charge in [-0.25, -0.2) is 8.42 Å². The predicted molar refractivity (Wildman–Crippen MR) is 73.6 cm³/mol. The number of hydrogen-bond donors (Lipinski definition) is 1. The van der Waals surface area contributed by atoms with Crippen LogP contribution in [0.25, 0.3) is 0 Å². The Hall–Kier alpha value is -0.470. The molecule has 0 aliphatic carbocycles. The van der Waals surface area contributed by atoms with Gasteiger partial charge < -0.3 is 9.84 Å². The van der Waals surface area contributed by atoms with E-state index in [-0.39, 0.29) is 10.8 Å². The van der Waals surface area contributed by atoms with Crippen LogP contribution < -0.4 is 0 Å². The molecule has 1 aromatic heterocycles. The molecule has 5 nitrogen and oxygen atoms in total. The highest BCUT2D eigenvalue weighted by Gasteiger charge is 2.37. The van der Waals surface area contributed by atoms with E-state index in [2.05, 4.69) is 0 Å². The van der Waals surface area contributed by atoms with Crippen molar-refractivity contribution in [1.82, 2.24) is 4.31 Å². The van der Waals surface area contributed by atoms with Crippen LogP contribution in [0.3, 0.4) is 0 Å².